The third-order valence-corrected chi connectivity index (χ3v) is 7.94. The molecular formula is C31H35N3O6S. The molecule has 2 aromatic carbocycles. The number of thioether (sulfide) groups is 1. The van der Waals surface area contributed by atoms with Crippen molar-refractivity contribution >= 4 is 28.8 Å². The zero-order valence-electron chi connectivity index (χ0n) is 23.3. The van der Waals surface area contributed by atoms with Crippen molar-refractivity contribution in [3.63, 3.8) is 0 Å². The summed E-state index contributed by atoms with van der Waals surface area (Å²) >= 11 is 1.44. The fourth-order valence-corrected chi connectivity index (χ4v) is 5.98. The standard InChI is InChI=1S/C31H35N3O6S/c1-21-28(30(36)39-15-14-37-2)29(23-10-6-11-25(16-23)40-19-22-8-4-3-5-9-22)34-24(20-41-31(34)33-21)17-27(35)32-18-26-12-7-13-38-26/h3-6,8-11,16,20,26,29H,7,12-15,17-19H2,1-2H3,(H,32,35). The zero-order chi connectivity index (χ0) is 28.6. The summed E-state index contributed by atoms with van der Waals surface area (Å²) in [4.78, 5) is 33.1. The van der Waals surface area contributed by atoms with Gasteiger partial charge in [-0.3, -0.25) is 4.79 Å². The van der Waals surface area contributed by atoms with E-state index in [-0.39, 0.29) is 31.6 Å². The van der Waals surface area contributed by atoms with Crippen LogP contribution in [0.15, 0.2) is 82.0 Å². The van der Waals surface area contributed by atoms with E-state index in [0.717, 1.165) is 36.3 Å². The second-order valence-electron chi connectivity index (χ2n) is 9.98. The van der Waals surface area contributed by atoms with Crippen LogP contribution < -0.4 is 10.1 Å². The summed E-state index contributed by atoms with van der Waals surface area (Å²) in [5, 5.41) is 5.64. The minimum atomic E-state index is -0.551. The molecule has 5 rings (SSSR count). The predicted molar refractivity (Wildman–Crippen MR) is 157 cm³/mol. The Balaban J connectivity index is 1.40. The van der Waals surface area contributed by atoms with E-state index in [9.17, 15) is 9.59 Å². The van der Waals surface area contributed by atoms with Gasteiger partial charge in [0.1, 0.15) is 19.0 Å². The summed E-state index contributed by atoms with van der Waals surface area (Å²) in [7, 11) is 1.56. The highest BCUT2D eigenvalue weighted by atomic mass is 32.2. The Morgan fingerprint density at radius 3 is 2.78 bits per heavy atom. The average Bonchev–Trinajstić information content (AvgIpc) is 3.65. The minimum absolute atomic E-state index is 0.0587. The lowest BCUT2D eigenvalue weighted by Crippen LogP contribution is -2.39. The maximum absolute atomic E-state index is 13.4. The molecular weight excluding hydrogens is 542 g/mol. The Labute approximate surface area is 244 Å². The summed E-state index contributed by atoms with van der Waals surface area (Å²) in [6, 6.07) is 17.1. The predicted octanol–water partition coefficient (Wildman–Crippen LogP) is 4.72. The van der Waals surface area contributed by atoms with Crippen molar-refractivity contribution in [3.05, 3.63) is 88.1 Å². The van der Waals surface area contributed by atoms with E-state index in [1.807, 2.05) is 71.8 Å². The van der Waals surface area contributed by atoms with Crippen molar-refractivity contribution in [2.75, 3.05) is 33.5 Å². The second kappa shape index (κ2) is 13.8. The largest absolute Gasteiger partial charge is 0.489 e. The van der Waals surface area contributed by atoms with Crippen molar-refractivity contribution in [1.29, 1.82) is 0 Å². The van der Waals surface area contributed by atoms with Gasteiger partial charge in [0.05, 0.1) is 36.4 Å². The van der Waals surface area contributed by atoms with Crippen LogP contribution in [-0.4, -0.2) is 61.5 Å². The van der Waals surface area contributed by atoms with Crippen LogP contribution in [0.2, 0.25) is 0 Å². The van der Waals surface area contributed by atoms with Crippen LogP contribution in [0.5, 0.6) is 5.75 Å². The van der Waals surface area contributed by atoms with Crippen LogP contribution in [0, 0.1) is 0 Å². The number of nitrogens with one attached hydrogen (secondary N) is 1. The number of amides is 1. The first kappa shape index (κ1) is 28.9. The van der Waals surface area contributed by atoms with Crippen molar-refractivity contribution in [2.24, 2.45) is 4.99 Å². The van der Waals surface area contributed by atoms with Gasteiger partial charge in [0.25, 0.3) is 0 Å². The number of carbonyl (C=O) groups is 2. The Kier molecular flexibility index (Phi) is 9.76. The van der Waals surface area contributed by atoms with Gasteiger partial charge in [-0.05, 0) is 48.4 Å². The van der Waals surface area contributed by atoms with E-state index in [1.54, 1.807) is 7.11 Å². The second-order valence-corrected chi connectivity index (χ2v) is 10.8. The molecule has 1 amide bonds. The van der Waals surface area contributed by atoms with Crippen molar-refractivity contribution in [2.45, 2.75) is 44.9 Å². The highest BCUT2D eigenvalue weighted by Crippen LogP contribution is 2.45. The molecule has 1 saturated heterocycles. The van der Waals surface area contributed by atoms with Gasteiger partial charge in [0, 0.05) is 26.0 Å². The van der Waals surface area contributed by atoms with Crippen molar-refractivity contribution in [1.82, 2.24) is 10.2 Å². The van der Waals surface area contributed by atoms with Gasteiger partial charge in [-0.25, -0.2) is 9.79 Å². The molecule has 0 aliphatic carbocycles. The fourth-order valence-electron chi connectivity index (χ4n) is 5.02. The van der Waals surface area contributed by atoms with Crippen LogP contribution in [0.4, 0.5) is 0 Å². The van der Waals surface area contributed by atoms with E-state index in [4.69, 9.17) is 23.9 Å². The van der Waals surface area contributed by atoms with Crippen LogP contribution in [0.1, 0.15) is 43.4 Å². The topological polar surface area (TPSA) is 98.7 Å². The summed E-state index contributed by atoms with van der Waals surface area (Å²) in [6.45, 7) is 3.86. The summed E-state index contributed by atoms with van der Waals surface area (Å²) < 4.78 is 22.4. The average molecular weight is 578 g/mol. The Bertz CT molecular complexity index is 1340. The number of amidine groups is 1. The molecule has 1 N–H and O–H groups in total. The monoisotopic (exact) mass is 577 g/mol. The molecule has 0 bridgehead atoms. The van der Waals surface area contributed by atoms with E-state index in [1.165, 1.54) is 11.8 Å². The third-order valence-electron chi connectivity index (χ3n) is 7.06. The number of aliphatic imine (C=N–C) groups is 1. The van der Waals surface area contributed by atoms with Gasteiger partial charge in [0.2, 0.25) is 5.91 Å². The number of methoxy groups -OCH3 is 1. The minimum Gasteiger partial charge on any atom is -0.489 e. The molecule has 0 spiro atoms. The van der Waals surface area contributed by atoms with Gasteiger partial charge in [0.15, 0.2) is 5.17 Å². The Hall–Kier alpha value is -3.60. The maximum Gasteiger partial charge on any atom is 0.338 e. The molecule has 0 radical (unpaired) electrons. The smallest absolute Gasteiger partial charge is 0.338 e. The van der Waals surface area contributed by atoms with Gasteiger partial charge >= 0.3 is 5.97 Å². The molecule has 9 nitrogen and oxygen atoms in total. The normalized spacial score (nSPS) is 19.9. The number of allylic oxidation sites excluding steroid dienone is 1. The number of hydrogen-bond acceptors (Lipinski definition) is 9. The first-order valence-electron chi connectivity index (χ1n) is 13.8. The van der Waals surface area contributed by atoms with E-state index in [0.29, 0.717) is 35.3 Å². The molecule has 2 unspecified atom stereocenters. The number of ether oxygens (including phenoxy) is 4. The highest BCUT2D eigenvalue weighted by Gasteiger charge is 2.41. The number of esters is 1. The first-order chi connectivity index (χ1) is 20.0. The molecule has 0 saturated carbocycles. The molecule has 1 fully saturated rings. The van der Waals surface area contributed by atoms with E-state index >= 15 is 0 Å². The lowest BCUT2D eigenvalue weighted by molar-refractivity contribution is -0.141. The number of benzene rings is 2. The third kappa shape index (κ3) is 7.19. The summed E-state index contributed by atoms with van der Waals surface area (Å²) in [5.74, 6) is 0.0942. The number of rotatable bonds is 12. The summed E-state index contributed by atoms with van der Waals surface area (Å²) in [5.41, 5.74) is 3.63. The summed E-state index contributed by atoms with van der Waals surface area (Å²) in [6.07, 6.45) is 2.17. The number of nitrogens with zero attached hydrogens (tertiary/aromatic N) is 2. The molecule has 216 valence electrons. The van der Waals surface area contributed by atoms with Crippen LogP contribution in [0.25, 0.3) is 0 Å². The number of hydrogen-bond donors (Lipinski definition) is 1. The molecule has 3 aliphatic heterocycles. The van der Waals surface area contributed by atoms with Crippen LogP contribution >= 0.6 is 11.8 Å². The van der Waals surface area contributed by atoms with E-state index in [2.05, 4.69) is 5.32 Å². The molecule has 3 aliphatic rings. The molecule has 3 heterocycles. The molecule has 0 aromatic heterocycles. The number of fused-ring (bicyclic) bond motifs is 1. The highest BCUT2D eigenvalue weighted by molar-refractivity contribution is 8.16. The molecule has 41 heavy (non-hydrogen) atoms. The molecule has 2 atom stereocenters. The maximum atomic E-state index is 13.4. The van der Waals surface area contributed by atoms with Gasteiger partial charge in [-0.2, -0.15) is 0 Å². The quantitative estimate of drug-likeness (QED) is 0.286. The van der Waals surface area contributed by atoms with Crippen LogP contribution in [-0.2, 0) is 30.4 Å². The number of carbonyl (C=O) groups excluding carboxylic acids is 2. The van der Waals surface area contributed by atoms with E-state index < -0.39 is 12.0 Å². The Morgan fingerprint density at radius 2 is 2.00 bits per heavy atom. The van der Waals surface area contributed by atoms with Gasteiger partial charge < -0.3 is 29.2 Å². The Morgan fingerprint density at radius 1 is 1.15 bits per heavy atom. The SMILES string of the molecule is COCCOC(=O)C1=C(C)N=C2SC=C(CC(=O)NCC3CCCO3)N2C1c1cccc(OCc2ccccc2)c1. The zero-order valence-corrected chi connectivity index (χ0v) is 24.2. The van der Waals surface area contributed by atoms with Crippen molar-refractivity contribution in [3.8, 4) is 5.75 Å². The molecule has 2 aromatic rings. The lowest BCUT2D eigenvalue weighted by Gasteiger charge is -2.36. The lowest BCUT2D eigenvalue weighted by atomic mass is 9.93. The van der Waals surface area contributed by atoms with Gasteiger partial charge in [-0.15, -0.1) is 0 Å². The molecule has 10 heteroatoms. The van der Waals surface area contributed by atoms with Crippen LogP contribution in [0.3, 0.4) is 0 Å². The van der Waals surface area contributed by atoms with Crippen molar-refractivity contribution < 1.29 is 28.5 Å². The first-order valence-corrected chi connectivity index (χ1v) is 14.7. The fraction of sp³-hybridized carbons (Fsp3) is 0.387. The van der Waals surface area contributed by atoms with Gasteiger partial charge in [-0.1, -0.05) is 54.2 Å².